The van der Waals surface area contributed by atoms with Crippen molar-refractivity contribution >= 4 is 0 Å². The van der Waals surface area contributed by atoms with Crippen molar-refractivity contribution in [2.75, 3.05) is 0 Å². The van der Waals surface area contributed by atoms with Crippen LogP contribution in [0.2, 0.25) is 0 Å². The standard InChI is InChI=1S/C14H24N2O/c1-9-8-10(2)15-11(3)13(9)12(4)16-17-14(5,6)7/h8,12,16H,1-7H3. The van der Waals surface area contributed by atoms with Crippen LogP contribution in [0.1, 0.15) is 56.3 Å². The predicted octanol–water partition coefficient (Wildman–Crippen LogP) is 3.39. The summed E-state index contributed by atoms with van der Waals surface area (Å²) in [6.45, 7) is 14.4. The van der Waals surface area contributed by atoms with Gasteiger partial charge in [0, 0.05) is 11.4 Å². The second kappa shape index (κ2) is 5.15. The van der Waals surface area contributed by atoms with E-state index in [9.17, 15) is 0 Å². The Morgan fingerprint density at radius 1 is 1.24 bits per heavy atom. The number of rotatable bonds is 3. The first kappa shape index (κ1) is 14.1. The lowest BCUT2D eigenvalue weighted by atomic mass is 10.0. The molecule has 0 amide bonds. The van der Waals surface area contributed by atoms with E-state index in [0.29, 0.717) is 0 Å². The highest BCUT2D eigenvalue weighted by Gasteiger charge is 2.17. The van der Waals surface area contributed by atoms with Crippen LogP contribution >= 0.6 is 0 Å². The molecule has 0 spiro atoms. The van der Waals surface area contributed by atoms with Crippen LogP contribution < -0.4 is 5.48 Å². The van der Waals surface area contributed by atoms with E-state index < -0.39 is 0 Å². The van der Waals surface area contributed by atoms with Gasteiger partial charge in [-0.05, 0) is 65.7 Å². The number of hydroxylamine groups is 1. The fraction of sp³-hybridized carbons (Fsp3) is 0.643. The summed E-state index contributed by atoms with van der Waals surface area (Å²) in [6, 6.07) is 2.25. The van der Waals surface area contributed by atoms with E-state index in [1.165, 1.54) is 11.1 Å². The van der Waals surface area contributed by atoms with Crippen LogP contribution in [0, 0.1) is 20.8 Å². The molecule has 1 rings (SSSR count). The Balaban J connectivity index is 2.86. The Morgan fingerprint density at radius 2 is 1.82 bits per heavy atom. The van der Waals surface area contributed by atoms with Crippen molar-refractivity contribution in [3.8, 4) is 0 Å². The average molecular weight is 236 g/mol. The van der Waals surface area contributed by atoms with Gasteiger partial charge in [-0.1, -0.05) is 0 Å². The number of nitrogens with one attached hydrogen (secondary N) is 1. The minimum atomic E-state index is -0.186. The molecule has 1 aromatic rings. The molecule has 3 nitrogen and oxygen atoms in total. The molecule has 0 fully saturated rings. The van der Waals surface area contributed by atoms with Crippen molar-refractivity contribution in [3.05, 3.63) is 28.6 Å². The first-order valence-electron chi connectivity index (χ1n) is 6.09. The fourth-order valence-corrected chi connectivity index (χ4v) is 2.01. The highest BCUT2D eigenvalue weighted by Crippen LogP contribution is 2.22. The first-order chi connectivity index (χ1) is 7.70. The van der Waals surface area contributed by atoms with Crippen LogP contribution in [0.15, 0.2) is 6.07 Å². The van der Waals surface area contributed by atoms with Gasteiger partial charge < -0.3 is 0 Å². The summed E-state index contributed by atoms with van der Waals surface area (Å²) in [5.74, 6) is 0. The Bertz CT molecular complexity index is 371. The topological polar surface area (TPSA) is 34.1 Å². The van der Waals surface area contributed by atoms with Crippen molar-refractivity contribution in [1.29, 1.82) is 0 Å². The molecule has 0 aliphatic rings. The molecule has 0 aliphatic heterocycles. The molecule has 0 saturated heterocycles. The zero-order chi connectivity index (χ0) is 13.2. The van der Waals surface area contributed by atoms with Crippen molar-refractivity contribution in [1.82, 2.24) is 10.5 Å². The zero-order valence-electron chi connectivity index (χ0n) is 12.0. The minimum Gasteiger partial charge on any atom is -0.296 e. The van der Waals surface area contributed by atoms with Crippen LogP contribution in [-0.2, 0) is 4.84 Å². The number of pyridine rings is 1. The molecule has 1 atom stereocenters. The molecule has 3 heteroatoms. The largest absolute Gasteiger partial charge is 0.296 e. The molecule has 0 saturated carbocycles. The highest BCUT2D eigenvalue weighted by atomic mass is 16.7. The van der Waals surface area contributed by atoms with Gasteiger partial charge >= 0.3 is 0 Å². The van der Waals surface area contributed by atoms with Crippen molar-refractivity contribution in [3.63, 3.8) is 0 Å². The molecule has 0 aliphatic carbocycles. The first-order valence-corrected chi connectivity index (χ1v) is 6.09. The van der Waals surface area contributed by atoms with E-state index in [4.69, 9.17) is 4.84 Å². The van der Waals surface area contributed by atoms with Crippen molar-refractivity contribution < 1.29 is 4.84 Å². The van der Waals surface area contributed by atoms with E-state index in [-0.39, 0.29) is 11.6 Å². The van der Waals surface area contributed by atoms with Gasteiger partial charge in [-0.2, -0.15) is 5.48 Å². The third-order valence-corrected chi connectivity index (χ3v) is 2.56. The zero-order valence-corrected chi connectivity index (χ0v) is 12.0. The molecular weight excluding hydrogens is 212 g/mol. The number of aryl methyl sites for hydroxylation is 3. The monoisotopic (exact) mass is 236 g/mol. The quantitative estimate of drug-likeness (QED) is 0.817. The van der Waals surface area contributed by atoms with Crippen LogP contribution in [0.3, 0.4) is 0 Å². The molecular formula is C14H24N2O. The Kier molecular flexibility index (Phi) is 4.28. The Labute approximate surface area is 105 Å². The summed E-state index contributed by atoms with van der Waals surface area (Å²) in [6.07, 6.45) is 0. The van der Waals surface area contributed by atoms with E-state index in [0.717, 1.165) is 11.4 Å². The average Bonchev–Trinajstić information content (AvgIpc) is 2.11. The van der Waals surface area contributed by atoms with E-state index >= 15 is 0 Å². The van der Waals surface area contributed by atoms with Crippen molar-refractivity contribution in [2.24, 2.45) is 0 Å². The summed E-state index contributed by atoms with van der Waals surface area (Å²) in [4.78, 5) is 10.1. The maximum Gasteiger partial charge on any atom is 0.0813 e. The van der Waals surface area contributed by atoms with Gasteiger partial charge in [-0.3, -0.25) is 9.82 Å². The molecule has 0 radical (unpaired) electrons. The Morgan fingerprint density at radius 3 is 2.29 bits per heavy atom. The summed E-state index contributed by atoms with van der Waals surface area (Å²) >= 11 is 0. The molecule has 1 heterocycles. The summed E-state index contributed by atoms with van der Waals surface area (Å²) in [5.41, 5.74) is 7.52. The lowest BCUT2D eigenvalue weighted by Gasteiger charge is -2.25. The lowest BCUT2D eigenvalue weighted by Crippen LogP contribution is -2.31. The van der Waals surface area contributed by atoms with Crippen LogP contribution in [0.5, 0.6) is 0 Å². The lowest BCUT2D eigenvalue weighted by molar-refractivity contribution is -0.0868. The summed E-state index contributed by atoms with van der Waals surface area (Å²) < 4.78 is 0. The third-order valence-electron chi connectivity index (χ3n) is 2.56. The molecule has 1 aromatic heterocycles. The number of nitrogens with zero attached hydrogens (tertiary/aromatic N) is 1. The van der Waals surface area contributed by atoms with Gasteiger partial charge in [0.2, 0.25) is 0 Å². The maximum atomic E-state index is 5.61. The number of hydrogen-bond donors (Lipinski definition) is 1. The second-order valence-corrected chi connectivity index (χ2v) is 5.63. The molecule has 0 bridgehead atoms. The van der Waals surface area contributed by atoms with Crippen molar-refractivity contribution in [2.45, 2.75) is 60.1 Å². The predicted molar refractivity (Wildman–Crippen MR) is 70.8 cm³/mol. The minimum absolute atomic E-state index is 0.141. The van der Waals surface area contributed by atoms with Gasteiger partial charge in [0.15, 0.2) is 0 Å². The molecule has 17 heavy (non-hydrogen) atoms. The molecule has 1 N–H and O–H groups in total. The third kappa shape index (κ3) is 4.10. The highest BCUT2D eigenvalue weighted by molar-refractivity contribution is 5.33. The van der Waals surface area contributed by atoms with E-state index in [1.54, 1.807) is 0 Å². The summed E-state index contributed by atoms with van der Waals surface area (Å²) in [7, 11) is 0. The maximum absolute atomic E-state index is 5.61. The van der Waals surface area contributed by atoms with Gasteiger partial charge in [-0.15, -0.1) is 0 Å². The van der Waals surface area contributed by atoms with Gasteiger partial charge in [0.25, 0.3) is 0 Å². The van der Waals surface area contributed by atoms with E-state index in [1.807, 2.05) is 34.6 Å². The van der Waals surface area contributed by atoms with Gasteiger partial charge in [0.05, 0.1) is 11.6 Å². The Hall–Kier alpha value is -0.930. The second-order valence-electron chi connectivity index (χ2n) is 5.63. The number of hydrogen-bond acceptors (Lipinski definition) is 3. The fourth-order valence-electron chi connectivity index (χ4n) is 2.01. The SMILES string of the molecule is Cc1cc(C)c(C(C)NOC(C)(C)C)c(C)n1. The smallest absolute Gasteiger partial charge is 0.0813 e. The number of aromatic nitrogens is 1. The van der Waals surface area contributed by atoms with Gasteiger partial charge in [-0.25, -0.2) is 0 Å². The van der Waals surface area contributed by atoms with E-state index in [2.05, 4.69) is 30.4 Å². The van der Waals surface area contributed by atoms with Crippen LogP contribution in [0.25, 0.3) is 0 Å². The van der Waals surface area contributed by atoms with Crippen LogP contribution in [-0.4, -0.2) is 10.6 Å². The van der Waals surface area contributed by atoms with Crippen LogP contribution in [0.4, 0.5) is 0 Å². The molecule has 1 unspecified atom stereocenters. The van der Waals surface area contributed by atoms with Gasteiger partial charge in [0.1, 0.15) is 0 Å². The summed E-state index contributed by atoms with van der Waals surface area (Å²) in [5, 5.41) is 0. The molecule has 0 aromatic carbocycles. The molecule has 96 valence electrons. The normalized spacial score (nSPS) is 13.8.